The number of carbonyl (C=O) groups excluding carboxylic acids is 1. The molecule has 2 N–H and O–H groups in total. The van der Waals surface area contributed by atoms with Gasteiger partial charge in [-0.25, -0.2) is 9.97 Å². The van der Waals surface area contributed by atoms with Crippen molar-refractivity contribution < 1.29 is 9.90 Å². The molecule has 0 aliphatic carbocycles. The van der Waals surface area contributed by atoms with Gasteiger partial charge in [-0.3, -0.25) is 4.79 Å². The van der Waals surface area contributed by atoms with Crippen molar-refractivity contribution in [2.75, 3.05) is 5.32 Å². The van der Waals surface area contributed by atoms with Crippen molar-refractivity contribution in [2.24, 2.45) is 7.05 Å². The lowest BCUT2D eigenvalue weighted by Crippen LogP contribution is -2.12. The van der Waals surface area contributed by atoms with Crippen LogP contribution in [0.4, 0.5) is 5.82 Å². The topological polar surface area (TPSA) is 80.0 Å². The lowest BCUT2D eigenvalue weighted by Gasteiger charge is -2.06. The van der Waals surface area contributed by atoms with Crippen molar-refractivity contribution in [3.63, 3.8) is 0 Å². The molecule has 0 saturated heterocycles. The SMILES string of the molecule is Cn1cnc2cc(C(=O)Nc3ncccc3O)ccc21. The molecule has 100 valence electrons. The number of nitrogens with zero attached hydrogens (tertiary/aromatic N) is 3. The highest BCUT2D eigenvalue weighted by atomic mass is 16.3. The minimum atomic E-state index is -0.341. The van der Waals surface area contributed by atoms with E-state index in [0.717, 1.165) is 11.0 Å². The molecule has 3 aromatic rings. The van der Waals surface area contributed by atoms with Gasteiger partial charge in [-0.1, -0.05) is 0 Å². The number of fused-ring (bicyclic) bond motifs is 1. The summed E-state index contributed by atoms with van der Waals surface area (Å²) in [6.07, 6.45) is 3.19. The third kappa shape index (κ3) is 2.07. The summed E-state index contributed by atoms with van der Waals surface area (Å²) in [6.45, 7) is 0. The van der Waals surface area contributed by atoms with E-state index in [2.05, 4.69) is 15.3 Å². The lowest BCUT2D eigenvalue weighted by atomic mass is 10.2. The molecule has 2 heterocycles. The second-order valence-electron chi connectivity index (χ2n) is 4.38. The first-order chi connectivity index (χ1) is 9.65. The number of carbonyl (C=O) groups is 1. The van der Waals surface area contributed by atoms with Gasteiger partial charge < -0.3 is 15.0 Å². The van der Waals surface area contributed by atoms with Crippen LogP contribution < -0.4 is 5.32 Å². The fourth-order valence-electron chi connectivity index (χ4n) is 1.95. The van der Waals surface area contributed by atoms with E-state index < -0.39 is 0 Å². The number of aryl methyl sites for hydroxylation is 1. The smallest absolute Gasteiger partial charge is 0.256 e. The molecule has 0 aliphatic heterocycles. The molecule has 0 atom stereocenters. The number of nitrogens with one attached hydrogen (secondary N) is 1. The monoisotopic (exact) mass is 268 g/mol. The van der Waals surface area contributed by atoms with Gasteiger partial charge in [0, 0.05) is 18.8 Å². The number of hydrogen-bond donors (Lipinski definition) is 2. The van der Waals surface area contributed by atoms with E-state index >= 15 is 0 Å². The van der Waals surface area contributed by atoms with Crippen molar-refractivity contribution in [1.29, 1.82) is 0 Å². The summed E-state index contributed by atoms with van der Waals surface area (Å²) in [6, 6.07) is 8.29. The van der Waals surface area contributed by atoms with Crippen LogP contribution in [0, 0.1) is 0 Å². The van der Waals surface area contributed by atoms with Crippen LogP contribution in [-0.4, -0.2) is 25.5 Å². The van der Waals surface area contributed by atoms with Crippen LogP contribution in [0.1, 0.15) is 10.4 Å². The number of imidazole rings is 1. The van der Waals surface area contributed by atoms with E-state index in [4.69, 9.17) is 0 Å². The average molecular weight is 268 g/mol. The summed E-state index contributed by atoms with van der Waals surface area (Å²) in [5.41, 5.74) is 2.15. The second kappa shape index (κ2) is 4.65. The number of aromatic hydroxyl groups is 1. The van der Waals surface area contributed by atoms with Crippen molar-refractivity contribution in [3.05, 3.63) is 48.4 Å². The van der Waals surface area contributed by atoms with Gasteiger partial charge in [-0.05, 0) is 30.3 Å². The molecular formula is C14H12N4O2. The molecular weight excluding hydrogens is 256 g/mol. The number of rotatable bonds is 2. The Morgan fingerprint density at radius 1 is 1.30 bits per heavy atom. The van der Waals surface area contributed by atoms with Crippen molar-refractivity contribution in [3.8, 4) is 5.75 Å². The Kier molecular flexibility index (Phi) is 2.83. The molecule has 0 unspecified atom stereocenters. The molecule has 0 saturated carbocycles. The van der Waals surface area contributed by atoms with Crippen LogP contribution in [0.3, 0.4) is 0 Å². The number of hydrogen-bond acceptors (Lipinski definition) is 4. The zero-order valence-corrected chi connectivity index (χ0v) is 10.7. The molecule has 0 radical (unpaired) electrons. The number of pyridine rings is 1. The summed E-state index contributed by atoms with van der Waals surface area (Å²) < 4.78 is 1.88. The first-order valence-electron chi connectivity index (χ1n) is 6.01. The normalized spacial score (nSPS) is 10.7. The summed E-state index contributed by atoms with van der Waals surface area (Å²) in [7, 11) is 1.89. The van der Waals surface area contributed by atoms with Crippen LogP contribution >= 0.6 is 0 Å². The molecule has 6 nitrogen and oxygen atoms in total. The number of aromatic nitrogens is 3. The molecule has 0 aliphatic rings. The van der Waals surface area contributed by atoms with Gasteiger partial charge in [-0.15, -0.1) is 0 Å². The maximum Gasteiger partial charge on any atom is 0.256 e. The largest absolute Gasteiger partial charge is 0.504 e. The minimum Gasteiger partial charge on any atom is -0.504 e. The molecule has 2 aromatic heterocycles. The van der Waals surface area contributed by atoms with E-state index in [9.17, 15) is 9.90 Å². The highest BCUT2D eigenvalue weighted by Crippen LogP contribution is 2.20. The number of anilines is 1. The fraction of sp³-hybridized carbons (Fsp3) is 0.0714. The molecule has 1 aromatic carbocycles. The van der Waals surface area contributed by atoms with Gasteiger partial charge in [0.15, 0.2) is 11.6 Å². The summed E-state index contributed by atoms with van der Waals surface area (Å²) in [5.74, 6) is -0.273. The molecule has 3 rings (SSSR count). The predicted molar refractivity (Wildman–Crippen MR) is 74.6 cm³/mol. The highest BCUT2D eigenvalue weighted by molar-refractivity contribution is 6.06. The zero-order valence-electron chi connectivity index (χ0n) is 10.7. The van der Waals surface area contributed by atoms with Gasteiger partial charge in [0.2, 0.25) is 0 Å². The first kappa shape index (κ1) is 12.2. The summed E-state index contributed by atoms with van der Waals surface area (Å²) in [5, 5.41) is 12.2. The van der Waals surface area contributed by atoms with Crippen molar-refractivity contribution >= 4 is 22.8 Å². The Morgan fingerprint density at radius 3 is 2.95 bits per heavy atom. The van der Waals surface area contributed by atoms with E-state index in [1.807, 2.05) is 17.7 Å². The molecule has 1 amide bonds. The molecule has 0 fully saturated rings. The van der Waals surface area contributed by atoms with Gasteiger partial charge in [0.1, 0.15) is 0 Å². The molecule has 20 heavy (non-hydrogen) atoms. The summed E-state index contributed by atoms with van der Waals surface area (Å²) in [4.78, 5) is 20.2. The van der Waals surface area contributed by atoms with Crippen LogP contribution in [0.5, 0.6) is 5.75 Å². The molecule has 0 bridgehead atoms. The average Bonchev–Trinajstić information content (AvgIpc) is 2.82. The first-order valence-corrected chi connectivity index (χ1v) is 6.01. The zero-order chi connectivity index (χ0) is 14.1. The van der Waals surface area contributed by atoms with E-state index in [1.54, 1.807) is 24.5 Å². The van der Waals surface area contributed by atoms with Crippen molar-refractivity contribution in [1.82, 2.24) is 14.5 Å². The standard InChI is InChI=1S/C14H12N4O2/c1-18-8-16-10-7-9(4-5-11(10)18)14(20)17-13-12(19)3-2-6-15-13/h2-8,19H,1H3,(H,15,17,20). The van der Waals surface area contributed by atoms with E-state index in [1.165, 1.54) is 12.3 Å². The van der Waals surface area contributed by atoms with Crippen molar-refractivity contribution in [2.45, 2.75) is 0 Å². The number of amides is 1. The lowest BCUT2D eigenvalue weighted by molar-refractivity contribution is 0.102. The Hall–Kier alpha value is -2.89. The Bertz CT molecular complexity index is 795. The highest BCUT2D eigenvalue weighted by Gasteiger charge is 2.11. The maximum atomic E-state index is 12.1. The van der Waals surface area contributed by atoms with Crippen LogP contribution in [0.2, 0.25) is 0 Å². The molecule has 0 spiro atoms. The maximum absolute atomic E-state index is 12.1. The van der Waals surface area contributed by atoms with Gasteiger partial charge in [-0.2, -0.15) is 0 Å². The Labute approximate surface area is 114 Å². The second-order valence-corrected chi connectivity index (χ2v) is 4.38. The van der Waals surface area contributed by atoms with Crippen LogP contribution in [-0.2, 0) is 7.05 Å². The van der Waals surface area contributed by atoms with Gasteiger partial charge in [0.25, 0.3) is 5.91 Å². The quantitative estimate of drug-likeness (QED) is 0.744. The predicted octanol–water partition coefficient (Wildman–Crippen LogP) is 1.93. The number of benzene rings is 1. The fourth-order valence-corrected chi connectivity index (χ4v) is 1.95. The third-order valence-corrected chi connectivity index (χ3v) is 3.01. The van der Waals surface area contributed by atoms with Gasteiger partial charge >= 0.3 is 0 Å². The van der Waals surface area contributed by atoms with Gasteiger partial charge in [0.05, 0.1) is 17.4 Å². The third-order valence-electron chi connectivity index (χ3n) is 3.01. The van der Waals surface area contributed by atoms with Crippen LogP contribution in [0.25, 0.3) is 11.0 Å². The van der Waals surface area contributed by atoms with Crippen LogP contribution in [0.15, 0.2) is 42.9 Å². The van der Waals surface area contributed by atoms with E-state index in [-0.39, 0.29) is 17.5 Å². The minimum absolute atomic E-state index is 0.0697. The van der Waals surface area contributed by atoms with E-state index in [0.29, 0.717) is 5.56 Å². The summed E-state index contributed by atoms with van der Waals surface area (Å²) >= 11 is 0. The Balaban J connectivity index is 1.91. The molecule has 6 heteroatoms. The Morgan fingerprint density at radius 2 is 2.15 bits per heavy atom.